The molecule has 0 aliphatic heterocycles. The molecule has 3 aromatic rings. The number of ether oxygens (including phenoxy) is 3. The van der Waals surface area contributed by atoms with Crippen LogP contribution in [0.25, 0.3) is 10.2 Å². The van der Waals surface area contributed by atoms with Gasteiger partial charge in [0.2, 0.25) is 5.91 Å². The molecular formula is C20H23N3O6S. The predicted molar refractivity (Wildman–Crippen MR) is 114 cm³/mol. The Labute approximate surface area is 176 Å². The van der Waals surface area contributed by atoms with Gasteiger partial charge >= 0.3 is 5.69 Å². The van der Waals surface area contributed by atoms with Gasteiger partial charge in [-0.15, -0.1) is 11.3 Å². The molecule has 10 heteroatoms. The van der Waals surface area contributed by atoms with E-state index in [9.17, 15) is 14.4 Å². The van der Waals surface area contributed by atoms with Crippen molar-refractivity contribution < 1.29 is 19.0 Å². The van der Waals surface area contributed by atoms with Crippen LogP contribution in [0.15, 0.2) is 39.2 Å². The molecule has 0 atom stereocenters. The fourth-order valence-electron chi connectivity index (χ4n) is 3.15. The van der Waals surface area contributed by atoms with E-state index in [-0.39, 0.29) is 37.7 Å². The Kier molecular flexibility index (Phi) is 6.91. The van der Waals surface area contributed by atoms with Crippen LogP contribution in [0.5, 0.6) is 11.5 Å². The van der Waals surface area contributed by atoms with Crippen molar-refractivity contribution in [2.75, 3.05) is 27.9 Å². The molecule has 2 aromatic heterocycles. The second-order valence-corrected chi connectivity index (χ2v) is 7.30. The molecule has 0 saturated carbocycles. The molecular weight excluding hydrogens is 410 g/mol. The first-order chi connectivity index (χ1) is 14.5. The van der Waals surface area contributed by atoms with E-state index in [1.807, 2.05) is 6.07 Å². The number of benzene rings is 1. The third kappa shape index (κ3) is 4.24. The zero-order valence-electron chi connectivity index (χ0n) is 17.0. The van der Waals surface area contributed by atoms with Gasteiger partial charge in [0.25, 0.3) is 5.56 Å². The van der Waals surface area contributed by atoms with Crippen molar-refractivity contribution in [1.82, 2.24) is 14.5 Å². The topological polar surface area (TPSA) is 101 Å². The van der Waals surface area contributed by atoms with E-state index in [0.29, 0.717) is 21.7 Å². The van der Waals surface area contributed by atoms with E-state index in [2.05, 4.69) is 5.32 Å². The lowest BCUT2D eigenvalue weighted by atomic mass is 10.2. The number of carbonyl (C=O) groups is 1. The van der Waals surface area contributed by atoms with Crippen molar-refractivity contribution >= 4 is 27.5 Å². The highest BCUT2D eigenvalue weighted by Crippen LogP contribution is 2.30. The molecule has 0 fully saturated rings. The molecule has 160 valence electrons. The molecule has 1 amide bonds. The van der Waals surface area contributed by atoms with Gasteiger partial charge in [0.05, 0.1) is 32.9 Å². The van der Waals surface area contributed by atoms with Gasteiger partial charge in [0, 0.05) is 19.2 Å². The first-order valence-electron chi connectivity index (χ1n) is 9.18. The van der Waals surface area contributed by atoms with Gasteiger partial charge in [-0.25, -0.2) is 4.79 Å². The molecule has 0 saturated heterocycles. The maximum absolute atomic E-state index is 12.9. The van der Waals surface area contributed by atoms with Crippen molar-refractivity contribution in [1.29, 1.82) is 0 Å². The second-order valence-electron chi connectivity index (χ2n) is 6.38. The number of thiophene rings is 1. The lowest BCUT2D eigenvalue weighted by molar-refractivity contribution is -0.121. The van der Waals surface area contributed by atoms with Crippen molar-refractivity contribution in [2.24, 2.45) is 0 Å². The second kappa shape index (κ2) is 9.59. The average Bonchev–Trinajstić information content (AvgIpc) is 3.24. The summed E-state index contributed by atoms with van der Waals surface area (Å²) >= 11 is 1.23. The number of carbonyl (C=O) groups excluding carboxylic acids is 1. The standard InChI is InChI=1S/C20H23N3O6S/c1-27-9-8-22-19(25)18-14(7-10-30-18)23(20(22)26)12-16(24)21-11-13-5-4-6-15(28-2)17(13)29-3/h4-7,10H,8-9,11-12H2,1-3H3,(H,21,24). The summed E-state index contributed by atoms with van der Waals surface area (Å²) in [6, 6.07) is 7.05. The summed E-state index contributed by atoms with van der Waals surface area (Å²) in [5.41, 5.74) is 0.262. The third-order valence-corrected chi connectivity index (χ3v) is 5.51. The Hall–Kier alpha value is -3.11. The van der Waals surface area contributed by atoms with E-state index in [0.717, 1.165) is 10.1 Å². The van der Waals surface area contributed by atoms with Gasteiger partial charge in [-0.3, -0.25) is 18.7 Å². The number of amides is 1. The molecule has 0 aliphatic carbocycles. The number of nitrogens with zero attached hydrogens (tertiary/aromatic N) is 2. The Morgan fingerprint density at radius 1 is 1.10 bits per heavy atom. The van der Waals surface area contributed by atoms with Crippen LogP contribution >= 0.6 is 11.3 Å². The van der Waals surface area contributed by atoms with Crippen LogP contribution in [0, 0.1) is 0 Å². The Morgan fingerprint density at radius 2 is 1.90 bits per heavy atom. The monoisotopic (exact) mass is 433 g/mol. The summed E-state index contributed by atoms with van der Waals surface area (Å²) in [4.78, 5) is 38.1. The van der Waals surface area contributed by atoms with Crippen LogP contribution in [-0.2, 0) is 29.2 Å². The smallest absolute Gasteiger partial charge is 0.332 e. The van der Waals surface area contributed by atoms with Crippen molar-refractivity contribution in [3.63, 3.8) is 0 Å². The molecule has 2 heterocycles. The zero-order chi connectivity index (χ0) is 21.7. The van der Waals surface area contributed by atoms with E-state index >= 15 is 0 Å². The Bertz CT molecular complexity index is 1160. The molecule has 0 bridgehead atoms. The van der Waals surface area contributed by atoms with E-state index < -0.39 is 5.69 Å². The zero-order valence-corrected chi connectivity index (χ0v) is 17.8. The molecule has 1 aromatic carbocycles. The molecule has 0 unspecified atom stereocenters. The van der Waals surface area contributed by atoms with Gasteiger partial charge in [-0.05, 0) is 17.5 Å². The molecule has 0 aliphatic rings. The van der Waals surface area contributed by atoms with Gasteiger partial charge in [0.15, 0.2) is 11.5 Å². The first-order valence-corrected chi connectivity index (χ1v) is 10.1. The number of hydrogen-bond acceptors (Lipinski definition) is 7. The van der Waals surface area contributed by atoms with E-state index in [1.165, 1.54) is 37.2 Å². The summed E-state index contributed by atoms with van der Waals surface area (Å²) in [5.74, 6) is 0.725. The van der Waals surface area contributed by atoms with Gasteiger partial charge in [-0.2, -0.15) is 0 Å². The number of methoxy groups -OCH3 is 3. The number of aromatic nitrogens is 2. The van der Waals surface area contributed by atoms with Crippen LogP contribution in [0.4, 0.5) is 0 Å². The lowest BCUT2D eigenvalue weighted by Gasteiger charge is -2.14. The lowest BCUT2D eigenvalue weighted by Crippen LogP contribution is -2.42. The van der Waals surface area contributed by atoms with Crippen LogP contribution in [0.1, 0.15) is 5.56 Å². The van der Waals surface area contributed by atoms with Gasteiger partial charge < -0.3 is 19.5 Å². The molecule has 3 rings (SSSR count). The highest BCUT2D eigenvalue weighted by molar-refractivity contribution is 7.17. The maximum atomic E-state index is 12.9. The minimum Gasteiger partial charge on any atom is -0.493 e. The van der Waals surface area contributed by atoms with Crippen LogP contribution < -0.4 is 26.0 Å². The molecule has 1 N–H and O–H groups in total. The van der Waals surface area contributed by atoms with Crippen molar-refractivity contribution in [2.45, 2.75) is 19.6 Å². The minimum absolute atomic E-state index is 0.116. The Balaban J connectivity index is 1.85. The number of rotatable bonds is 9. The summed E-state index contributed by atoms with van der Waals surface area (Å²) in [7, 11) is 4.56. The SMILES string of the molecule is COCCn1c(=O)c2sccc2n(CC(=O)NCc2cccc(OC)c2OC)c1=O. The highest BCUT2D eigenvalue weighted by Gasteiger charge is 2.17. The van der Waals surface area contributed by atoms with Gasteiger partial charge in [0.1, 0.15) is 11.2 Å². The van der Waals surface area contributed by atoms with Crippen LogP contribution in [-0.4, -0.2) is 43.0 Å². The quantitative estimate of drug-likeness (QED) is 0.544. The van der Waals surface area contributed by atoms with Crippen molar-refractivity contribution in [3.8, 4) is 11.5 Å². The third-order valence-electron chi connectivity index (χ3n) is 4.62. The van der Waals surface area contributed by atoms with Crippen molar-refractivity contribution in [3.05, 3.63) is 56.0 Å². The molecule has 9 nitrogen and oxygen atoms in total. The summed E-state index contributed by atoms with van der Waals surface area (Å²) in [5, 5.41) is 4.52. The van der Waals surface area contributed by atoms with E-state index in [4.69, 9.17) is 14.2 Å². The normalized spacial score (nSPS) is 10.9. The first kappa shape index (κ1) is 21.6. The van der Waals surface area contributed by atoms with E-state index in [1.54, 1.807) is 23.6 Å². The summed E-state index contributed by atoms with van der Waals surface area (Å²) in [6.07, 6.45) is 0. The average molecular weight is 433 g/mol. The number of hydrogen-bond donors (Lipinski definition) is 1. The number of para-hydroxylation sites is 1. The minimum atomic E-state index is -0.544. The maximum Gasteiger partial charge on any atom is 0.332 e. The number of fused-ring (bicyclic) bond motifs is 1. The predicted octanol–water partition coefficient (Wildman–Crippen LogP) is 1.20. The largest absolute Gasteiger partial charge is 0.493 e. The van der Waals surface area contributed by atoms with Gasteiger partial charge in [-0.1, -0.05) is 12.1 Å². The molecule has 0 spiro atoms. The highest BCUT2D eigenvalue weighted by atomic mass is 32.1. The summed E-state index contributed by atoms with van der Waals surface area (Å²) in [6.45, 7) is 0.314. The van der Waals surface area contributed by atoms with Crippen LogP contribution in [0.2, 0.25) is 0 Å². The fraction of sp³-hybridized carbons (Fsp3) is 0.350. The molecule has 30 heavy (non-hydrogen) atoms. The Morgan fingerprint density at radius 3 is 2.60 bits per heavy atom. The molecule has 0 radical (unpaired) electrons. The van der Waals surface area contributed by atoms with Crippen LogP contribution in [0.3, 0.4) is 0 Å². The summed E-state index contributed by atoms with van der Waals surface area (Å²) < 4.78 is 18.5. The number of nitrogens with one attached hydrogen (secondary N) is 1. The fourth-order valence-corrected chi connectivity index (χ4v) is 4.00.